The highest BCUT2D eigenvalue weighted by Crippen LogP contribution is 2.28. The summed E-state index contributed by atoms with van der Waals surface area (Å²) in [6, 6.07) is 3.06. The van der Waals surface area contributed by atoms with Crippen LogP contribution in [0.2, 0.25) is 0 Å². The van der Waals surface area contributed by atoms with Crippen LogP contribution >= 0.6 is 11.8 Å². The standard InChI is InChI=1S/C21H25N3O4S/c1-13-9-15-16(10-14(13)2)20(27)23(19(15)26)8-5-18(25)24-12-29-11-17(24)21(28)22-6-3-4-7-22/h9-10,17H,3-8,11-12H2,1-2H3. The smallest absolute Gasteiger partial charge is 0.261 e. The van der Waals surface area contributed by atoms with Crippen molar-refractivity contribution < 1.29 is 19.2 Å². The molecule has 1 aromatic carbocycles. The van der Waals surface area contributed by atoms with Gasteiger partial charge in [0.05, 0.1) is 17.0 Å². The van der Waals surface area contributed by atoms with Crippen molar-refractivity contribution in [3.63, 3.8) is 0 Å². The third-order valence-corrected chi connectivity index (χ3v) is 7.05. The number of hydrogen-bond donors (Lipinski definition) is 0. The largest absolute Gasteiger partial charge is 0.341 e. The number of fused-ring (bicyclic) bond motifs is 1. The van der Waals surface area contributed by atoms with E-state index in [-0.39, 0.29) is 36.6 Å². The van der Waals surface area contributed by atoms with E-state index in [2.05, 4.69) is 0 Å². The van der Waals surface area contributed by atoms with Crippen molar-refractivity contribution in [2.75, 3.05) is 31.3 Å². The Kier molecular flexibility index (Phi) is 5.38. The average Bonchev–Trinajstić information content (AvgIpc) is 3.43. The van der Waals surface area contributed by atoms with Gasteiger partial charge in [-0.25, -0.2) is 0 Å². The van der Waals surface area contributed by atoms with Crippen molar-refractivity contribution in [2.45, 2.75) is 39.2 Å². The number of hydrogen-bond acceptors (Lipinski definition) is 5. The Bertz CT molecular complexity index is 853. The zero-order chi connectivity index (χ0) is 20.7. The molecule has 1 unspecified atom stereocenters. The van der Waals surface area contributed by atoms with Gasteiger partial charge in [-0.2, -0.15) is 0 Å². The van der Waals surface area contributed by atoms with Crippen molar-refractivity contribution >= 4 is 35.4 Å². The van der Waals surface area contributed by atoms with Gasteiger partial charge in [0.15, 0.2) is 0 Å². The molecular weight excluding hydrogens is 390 g/mol. The Hall–Kier alpha value is -2.35. The van der Waals surface area contributed by atoms with E-state index >= 15 is 0 Å². The van der Waals surface area contributed by atoms with Gasteiger partial charge in [-0.15, -0.1) is 11.8 Å². The summed E-state index contributed by atoms with van der Waals surface area (Å²) < 4.78 is 0. The van der Waals surface area contributed by atoms with E-state index in [0.717, 1.165) is 42.0 Å². The Labute approximate surface area is 174 Å². The molecule has 2 fully saturated rings. The van der Waals surface area contributed by atoms with Crippen LogP contribution in [0.1, 0.15) is 51.1 Å². The first-order chi connectivity index (χ1) is 13.9. The molecule has 4 rings (SSSR count). The van der Waals surface area contributed by atoms with Crippen LogP contribution in [0.3, 0.4) is 0 Å². The predicted molar refractivity (Wildman–Crippen MR) is 110 cm³/mol. The predicted octanol–water partition coefficient (Wildman–Crippen LogP) is 1.81. The lowest BCUT2D eigenvalue weighted by Crippen LogP contribution is -2.48. The summed E-state index contributed by atoms with van der Waals surface area (Å²) in [5.74, 6) is 0.225. The second kappa shape index (κ2) is 7.82. The summed E-state index contributed by atoms with van der Waals surface area (Å²) in [5.41, 5.74) is 2.73. The maximum atomic E-state index is 12.8. The number of nitrogens with zero attached hydrogens (tertiary/aromatic N) is 3. The molecule has 0 aromatic heterocycles. The maximum Gasteiger partial charge on any atom is 0.261 e. The molecule has 1 aromatic rings. The molecule has 3 aliphatic heterocycles. The first-order valence-corrected chi connectivity index (χ1v) is 11.2. The molecule has 2 saturated heterocycles. The van der Waals surface area contributed by atoms with E-state index in [1.165, 1.54) is 0 Å². The van der Waals surface area contributed by atoms with Crippen LogP contribution in [0.4, 0.5) is 0 Å². The number of likely N-dealkylation sites (tertiary alicyclic amines) is 1. The lowest BCUT2D eigenvalue weighted by atomic mass is 10.0. The van der Waals surface area contributed by atoms with Crippen molar-refractivity contribution in [3.8, 4) is 0 Å². The van der Waals surface area contributed by atoms with Gasteiger partial charge in [0.2, 0.25) is 11.8 Å². The normalized spacial score (nSPS) is 21.3. The molecule has 7 nitrogen and oxygen atoms in total. The molecule has 3 heterocycles. The number of carbonyl (C=O) groups is 4. The van der Waals surface area contributed by atoms with E-state index in [4.69, 9.17) is 0 Å². The van der Waals surface area contributed by atoms with Crippen LogP contribution in [-0.2, 0) is 9.59 Å². The number of carbonyl (C=O) groups excluding carboxylic acids is 4. The van der Waals surface area contributed by atoms with E-state index in [9.17, 15) is 19.2 Å². The van der Waals surface area contributed by atoms with E-state index < -0.39 is 6.04 Å². The van der Waals surface area contributed by atoms with Gasteiger partial charge in [0, 0.05) is 31.8 Å². The summed E-state index contributed by atoms with van der Waals surface area (Å²) in [7, 11) is 0. The molecule has 0 spiro atoms. The minimum absolute atomic E-state index is 0.0209. The van der Waals surface area contributed by atoms with Crippen LogP contribution in [0.25, 0.3) is 0 Å². The van der Waals surface area contributed by atoms with Crippen LogP contribution in [0, 0.1) is 13.8 Å². The third kappa shape index (κ3) is 3.54. The van der Waals surface area contributed by atoms with Crippen LogP contribution in [-0.4, -0.2) is 75.6 Å². The van der Waals surface area contributed by atoms with Gasteiger partial charge < -0.3 is 9.80 Å². The summed E-state index contributed by atoms with van der Waals surface area (Å²) in [5, 5.41) is 0. The molecule has 29 heavy (non-hydrogen) atoms. The fourth-order valence-electron chi connectivity index (χ4n) is 4.15. The quantitative estimate of drug-likeness (QED) is 0.701. The molecule has 1 atom stereocenters. The van der Waals surface area contributed by atoms with E-state index in [1.807, 2.05) is 18.7 Å². The topological polar surface area (TPSA) is 78.0 Å². The third-order valence-electron chi connectivity index (χ3n) is 6.04. The minimum Gasteiger partial charge on any atom is -0.341 e. The monoisotopic (exact) mass is 415 g/mol. The highest BCUT2D eigenvalue weighted by molar-refractivity contribution is 7.99. The Morgan fingerprint density at radius 2 is 1.62 bits per heavy atom. The second-order valence-corrected chi connectivity index (χ2v) is 8.91. The van der Waals surface area contributed by atoms with Crippen LogP contribution < -0.4 is 0 Å². The first kappa shape index (κ1) is 19.9. The number of imide groups is 1. The van der Waals surface area contributed by atoms with Crippen LogP contribution in [0.15, 0.2) is 12.1 Å². The van der Waals surface area contributed by atoms with Gasteiger partial charge >= 0.3 is 0 Å². The van der Waals surface area contributed by atoms with E-state index in [1.54, 1.807) is 28.8 Å². The van der Waals surface area contributed by atoms with Crippen LogP contribution in [0.5, 0.6) is 0 Å². The summed E-state index contributed by atoms with van der Waals surface area (Å²) in [6.45, 7) is 5.37. The molecule has 8 heteroatoms. The fourth-order valence-corrected chi connectivity index (χ4v) is 5.32. The minimum atomic E-state index is -0.432. The van der Waals surface area contributed by atoms with Gasteiger partial charge in [-0.3, -0.25) is 24.1 Å². The maximum absolute atomic E-state index is 12.8. The molecule has 0 N–H and O–H groups in total. The van der Waals surface area contributed by atoms with Gasteiger partial charge in [-0.05, 0) is 49.9 Å². The van der Waals surface area contributed by atoms with Crippen molar-refractivity contribution in [1.29, 1.82) is 0 Å². The highest BCUT2D eigenvalue weighted by atomic mass is 32.2. The molecule has 0 aliphatic carbocycles. The van der Waals surface area contributed by atoms with Gasteiger partial charge in [-0.1, -0.05) is 0 Å². The summed E-state index contributed by atoms with van der Waals surface area (Å²) in [6.07, 6.45) is 2.06. The van der Waals surface area contributed by atoms with Gasteiger partial charge in [0.1, 0.15) is 6.04 Å². The lowest BCUT2D eigenvalue weighted by molar-refractivity contribution is -0.142. The number of rotatable bonds is 4. The zero-order valence-corrected chi connectivity index (χ0v) is 17.6. The number of benzene rings is 1. The Morgan fingerprint density at radius 1 is 1.03 bits per heavy atom. The zero-order valence-electron chi connectivity index (χ0n) is 16.8. The van der Waals surface area contributed by atoms with E-state index in [0.29, 0.717) is 22.8 Å². The molecule has 0 saturated carbocycles. The molecule has 154 valence electrons. The lowest BCUT2D eigenvalue weighted by Gasteiger charge is -2.27. The average molecular weight is 416 g/mol. The molecule has 0 radical (unpaired) electrons. The molecular formula is C21H25N3O4S. The molecule has 0 bridgehead atoms. The molecule has 3 aliphatic rings. The SMILES string of the molecule is Cc1cc2c(cc1C)C(=O)N(CCC(=O)N1CSCC1C(=O)N1CCCC1)C2=O. The number of amides is 4. The summed E-state index contributed by atoms with van der Waals surface area (Å²) in [4.78, 5) is 55.5. The highest BCUT2D eigenvalue weighted by Gasteiger charge is 2.39. The molecule has 4 amide bonds. The Morgan fingerprint density at radius 3 is 2.21 bits per heavy atom. The Balaban J connectivity index is 1.41. The first-order valence-electron chi connectivity index (χ1n) is 10.0. The van der Waals surface area contributed by atoms with Crippen molar-refractivity contribution in [1.82, 2.24) is 14.7 Å². The second-order valence-electron chi connectivity index (χ2n) is 7.91. The fraction of sp³-hybridized carbons (Fsp3) is 0.524. The van der Waals surface area contributed by atoms with Crippen molar-refractivity contribution in [3.05, 3.63) is 34.4 Å². The number of thioether (sulfide) groups is 1. The van der Waals surface area contributed by atoms with Gasteiger partial charge in [0.25, 0.3) is 11.8 Å². The number of aryl methyl sites for hydroxylation is 2. The van der Waals surface area contributed by atoms with Crippen molar-refractivity contribution in [2.24, 2.45) is 0 Å². The summed E-state index contributed by atoms with van der Waals surface area (Å²) >= 11 is 1.57.